The second kappa shape index (κ2) is 12.4. The van der Waals surface area contributed by atoms with E-state index in [0.29, 0.717) is 6.10 Å². The van der Waals surface area contributed by atoms with Gasteiger partial charge in [-0.2, -0.15) is 0 Å². The summed E-state index contributed by atoms with van der Waals surface area (Å²) in [7, 11) is 0. The highest BCUT2D eigenvalue weighted by atomic mass is 16.7. The summed E-state index contributed by atoms with van der Waals surface area (Å²) in [6, 6.07) is 0. The Labute approximate surface area is 139 Å². The van der Waals surface area contributed by atoms with Crippen LogP contribution in [0.25, 0.3) is 0 Å². The van der Waals surface area contributed by atoms with Crippen molar-refractivity contribution in [3.8, 4) is 0 Å². The summed E-state index contributed by atoms with van der Waals surface area (Å²) in [6.07, 6.45) is 19.9. The van der Waals surface area contributed by atoms with Gasteiger partial charge in [0.05, 0.1) is 12.7 Å². The minimum atomic E-state index is -0.346. The lowest BCUT2D eigenvalue weighted by Crippen LogP contribution is -2.21. The van der Waals surface area contributed by atoms with E-state index in [4.69, 9.17) is 9.47 Å². The van der Waals surface area contributed by atoms with Crippen LogP contribution < -0.4 is 0 Å². The van der Waals surface area contributed by atoms with Crippen LogP contribution in [0.4, 0.5) is 0 Å². The zero-order valence-corrected chi connectivity index (χ0v) is 15.5. The van der Waals surface area contributed by atoms with Gasteiger partial charge in [-0.15, -0.1) is 0 Å². The standard InChI is InChI=1S/C20H40O2/c1-4-5-6-7-8-9-10-11-12-13-14-15-16-17-19-18-21-20(2,3)22-19/h19H,4-18H2,1-3H3/t19-/m1/s1. The summed E-state index contributed by atoms with van der Waals surface area (Å²) in [5.74, 6) is -0.346. The van der Waals surface area contributed by atoms with E-state index in [1.165, 1.54) is 89.9 Å². The average Bonchev–Trinajstić information content (AvgIpc) is 2.83. The van der Waals surface area contributed by atoms with Crippen LogP contribution in [-0.2, 0) is 9.47 Å². The Morgan fingerprint density at radius 2 is 1.18 bits per heavy atom. The van der Waals surface area contributed by atoms with Gasteiger partial charge in [0.25, 0.3) is 0 Å². The molecule has 1 atom stereocenters. The molecule has 2 heteroatoms. The van der Waals surface area contributed by atoms with Gasteiger partial charge in [-0.3, -0.25) is 0 Å². The topological polar surface area (TPSA) is 18.5 Å². The predicted octanol–water partition coefficient (Wildman–Crippen LogP) is 6.62. The maximum absolute atomic E-state index is 5.83. The Morgan fingerprint density at radius 3 is 1.59 bits per heavy atom. The summed E-state index contributed by atoms with van der Waals surface area (Å²) in [4.78, 5) is 0. The largest absolute Gasteiger partial charge is 0.348 e. The lowest BCUT2D eigenvalue weighted by molar-refractivity contribution is -0.139. The predicted molar refractivity (Wildman–Crippen MR) is 95.2 cm³/mol. The minimum absolute atomic E-state index is 0.336. The van der Waals surface area contributed by atoms with E-state index in [1.807, 2.05) is 13.8 Å². The molecule has 0 N–H and O–H groups in total. The molecule has 1 heterocycles. The molecule has 1 rings (SSSR count). The van der Waals surface area contributed by atoms with Gasteiger partial charge in [0.2, 0.25) is 0 Å². The zero-order chi connectivity index (χ0) is 16.1. The summed E-state index contributed by atoms with van der Waals surface area (Å²) in [5, 5.41) is 0. The van der Waals surface area contributed by atoms with Gasteiger partial charge in [-0.05, 0) is 20.3 Å². The Bertz CT molecular complexity index is 250. The van der Waals surface area contributed by atoms with Crippen molar-refractivity contribution in [3.05, 3.63) is 0 Å². The highest BCUT2D eigenvalue weighted by Gasteiger charge is 2.31. The summed E-state index contributed by atoms with van der Waals surface area (Å²) < 4.78 is 11.4. The molecule has 0 aromatic rings. The fourth-order valence-corrected chi connectivity index (χ4v) is 3.30. The van der Waals surface area contributed by atoms with Crippen molar-refractivity contribution < 1.29 is 9.47 Å². The molecular formula is C20H40O2. The Kier molecular flexibility index (Phi) is 11.2. The number of hydrogen-bond acceptors (Lipinski definition) is 2. The molecule has 0 aromatic carbocycles. The van der Waals surface area contributed by atoms with Crippen LogP contribution in [0, 0.1) is 0 Å². The van der Waals surface area contributed by atoms with Crippen LogP contribution in [0.5, 0.6) is 0 Å². The first-order valence-corrected chi connectivity index (χ1v) is 9.96. The van der Waals surface area contributed by atoms with Crippen LogP contribution >= 0.6 is 0 Å². The second-order valence-electron chi connectivity index (χ2n) is 7.48. The van der Waals surface area contributed by atoms with Crippen molar-refractivity contribution in [2.75, 3.05) is 6.61 Å². The molecule has 0 unspecified atom stereocenters. The van der Waals surface area contributed by atoms with Gasteiger partial charge in [-0.1, -0.05) is 90.4 Å². The van der Waals surface area contributed by atoms with Gasteiger partial charge >= 0.3 is 0 Å². The summed E-state index contributed by atoms with van der Waals surface area (Å²) in [6.45, 7) is 7.09. The molecule has 132 valence electrons. The lowest BCUT2D eigenvalue weighted by atomic mass is 10.0. The third-order valence-electron chi connectivity index (χ3n) is 4.70. The SMILES string of the molecule is CCCCCCCCCCCCCCC[C@@H]1COC(C)(C)O1. The van der Waals surface area contributed by atoms with E-state index in [0.717, 1.165) is 6.61 Å². The third kappa shape index (κ3) is 10.6. The first-order valence-electron chi connectivity index (χ1n) is 9.96. The number of hydrogen-bond donors (Lipinski definition) is 0. The number of unbranched alkanes of at least 4 members (excludes halogenated alkanes) is 12. The molecule has 22 heavy (non-hydrogen) atoms. The molecule has 1 aliphatic rings. The van der Waals surface area contributed by atoms with Crippen LogP contribution in [0.3, 0.4) is 0 Å². The highest BCUT2D eigenvalue weighted by Crippen LogP contribution is 2.25. The third-order valence-corrected chi connectivity index (χ3v) is 4.70. The van der Waals surface area contributed by atoms with Gasteiger partial charge in [0.15, 0.2) is 5.79 Å². The van der Waals surface area contributed by atoms with E-state index in [9.17, 15) is 0 Å². The van der Waals surface area contributed by atoms with Crippen molar-refractivity contribution in [1.29, 1.82) is 0 Å². The molecular weight excluding hydrogens is 272 g/mol. The Balaban J connectivity index is 1.73. The van der Waals surface area contributed by atoms with Crippen LogP contribution in [0.2, 0.25) is 0 Å². The van der Waals surface area contributed by atoms with Crippen molar-refractivity contribution in [2.24, 2.45) is 0 Å². The van der Waals surface area contributed by atoms with Crippen molar-refractivity contribution in [1.82, 2.24) is 0 Å². The molecule has 1 saturated heterocycles. The van der Waals surface area contributed by atoms with Crippen LogP contribution in [-0.4, -0.2) is 18.5 Å². The maximum atomic E-state index is 5.83. The molecule has 0 radical (unpaired) electrons. The molecule has 0 amide bonds. The van der Waals surface area contributed by atoms with E-state index in [-0.39, 0.29) is 5.79 Å². The first kappa shape index (κ1) is 20.0. The summed E-state index contributed by atoms with van der Waals surface area (Å²) in [5.41, 5.74) is 0. The zero-order valence-electron chi connectivity index (χ0n) is 15.5. The van der Waals surface area contributed by atoms with Gasteiger partial charge < -0.3 is 9.47 Å². The van der Waals surface area contributed by atoms with Crippen molar-refractivity contribution >= 4 is 0 Å². The number of ether oxygens (including phenoxy) is 2. The molecule has 1 aliphatic heterocycles. The minimum Gasteiger partial charge on any atom is -0.348 e. The molecule has 1 fully saturated rings. The van der Waals surface area contributed by atoms with Gasteiger partial charge in [0, 0.05) is 0 Å². The van der Waals surface area contributed by atoms with E-state index in [2.05, 4.69) is 6.92 Å². The van der Waals surface area contributed by atoms with Crippen molar-refractivity contribution in [3.63, 3.8) is 0 Å². The Hall–Kier alpha value is -0.0800. The number of rotatable bonds is 14. The molecule has 0 spiro atoms. The van der Waals surface area contributed by atoms with Crippen LogP contribution in [0.15, 0.2) is 0 Å². The molecule has 2 nitrogen and oxygen atoms in total. The maximum Gasteiger partial charge on any atom is 0.163 e. The van der Waals surface area contributed by atoms with Gasteiger partial charge in [-0.25, -0.2) is 0 Å². The second-order valence-corrected chi connectivity index (χ2v) is 7.48. The quantitative estimate of drug-likeness (QED) is 0.336. The summed E-state index contributed by atoms with van der Waals surface area (Å²) >= 11 is 0. The molecule has 0 bridgehead atoms. The van der Waals surface area contributed by atoms with Crippen molar-refractivity contribution in [2.45, 2.75) is 123 Å². The Morgan fingerprint density at radius 1 is 0.727 bits per heavy atom. The van der Waals surface area contributed by atoms with E-state index >= 15 is 0 Å². The van der Waals surface area contributed by atoms with E-state index < -0.39 is 0 Å². The van der Waals surface area contributed by atoms with Crippen LogP contribution in [0.1, 0.15) is 111 Å². The average molecular weight is 313 g/mol. The fourth-order valence-electron chi connectivity index (χ4n) is 3.30. The molecule has 0 saturated carbocycles. The molecule has 0 aromatic heterocycles. The highest BCUT2D eigenvalue weighted by molar-refractivity contribution is 4.70. The van der Waals surface area contributed by atoms with E-state index in [1.54, 1.807) is 0 Å². The molecule has 0 aliphatic carbocycles. The lowest BCUT2D eigenvalue weighted by Gasteiger charge is -2.16. The first-order chi connectivity index (χ1) is 10.6. The smallest absolute Gasteiger partial charge is 0.163 e. The monoisotopic (exact) mass is 312 g/mol. The normalized spacial score (nSPS) is 20.6. The fraction of sp³-hybridized carbons (Fsp3) is 1.00. The van der Waals surface area contributed by atoms with Gasteiger partial charge in [0.1, 0.15) is 0 Å².